The molecule has 2 atom stereocenters. The lowest BCUT2D eigenvalue weighted by Gasteiger charge is -2.30. The molecule has 0 aromatic carbocycles. The van der Waals surface area contributed by atoms with E-state index in [1.54, 1.807) is 0 Å². The molecule has 0 bridgehead atoms. The van der Waals surface area contributed by atoms with Crippen LogP contribution in [0.15, 0.2) is 0 Å². The quantitative estimate of drug-likeness (QED) is 0.718. The summed E-state index contributed by atoms with van der Waals surface area (Å²) in [5.41, 5.74) is 0.249. The van der Waals surface area contributed by atoms with Crippen LogP contribution in [0.25, 0.3) is 0 Å². The van der Waals surface area contributed by atoms with Crippen molar-refractivity contribution in [2.24, 2.45) is 17.3 Å². The van der Waals surface area contributed by atoms with Gasteiger partial charge in [0, 0.05) is 18.9 Å². The molecule has 0 radical (unpaired) electrons. The van der Waals surface area contributed by atoms with Gasteiger partial charge in [0.05, 0.1) is 0 Å². The van der Waals surface area contributed by atoms with Gasteiger partial charge < -0.3 is 4.90 Å². The van der Waals surface area contributed by atoms with Crippen LogP contribution in [0, 0.1) is 17.3 Å². The lowest BCUT2D eigenvalue weighted by Crippen LogP contribution is -2.30. The van der Waals surface area contributed by atoms with Gasteiger partial charge in [0.2, 0.25) is 0 Å². The third-order valence-corrected chi connectivity index (χ3v) is 4.18. The number of carbonyl (C=O) groups is 1. The number of carbonyl (C=O) groups excluding carboxylic acids is 1. The summed E-state index contributed by atoms with van der Waals surface area (Å²) >= 11 is 0. The molecule has 106 valence electrons. The Hall–Kier alpha value is -0.370. The predicted molar refractivity (Wildman–Crippen MR) is 77.7 cm³/mol. The maximum Gasteiger partial charge on any atom is 0.136 e. The van der Waals surface area contributed by atoms with E-state index in [1.165, 1.54) is 12.8 Å². The van der Waals surface area contributed by atoms with E-state index in [4.69, 9.17) is 0 Å². The molecule has 0 N–H and O–H groups in total. The summed E-state index contributed by atoms with van der Waals surface area (Å²) in [6, 6.07) is 0. The van der Waals surface area contributed by atoms with Crippen LogP contribution in [0.4, 0.5) is 0 Å². The Morgan fingerprint density at radius 2 is 1.94 bits per heavy atom. The highest BCUT2D eigenvalue weighted by molar-refractivity contribution is 5.81. The molecule has 1 saturated carbocycles. The predicted octanol–water partition coefficient (Wildman–Crippen LogP) is 3.75. The molecule has 0 aliphatic heterocycles. The molecular formula is C16H31NO. The summed E-state index contributed by atoms with van der Waals surface area (Å²) in [6.45, 7) is 7.88. The van der Waals surface area contributed by atoms with Crippen molar-refractivity contribution in [1.29, 1.82) is 0 Å². The van der Waals surface area contributed by atoms with Gasteiger partial charge in [0.1, 0.15) is 5.78 Å². The van der Waals surface area contributed by atoms with E-state index >= 15 is 0 Å². The standard InChI is InChI=1S/C16H31NO/c1-13-7-6-8-14(11-13)15(18)9-10-16(2,3)12-17(4)5/h13-14H,6-12H2,1-5H3. The van der Waals surface area contributed by atoms with Crippen molar-refractivity contribution in [3.63, 3.8) is 0 Å². The summed E-state index contributed by atoms with van der Waals surface area (Å²) in [7, 11) is 4.21. The van der Waals surface area contributed by atoms with Crippen LogP contribution in [0.5, 0.6) is 0 Å². The van der Waals surface area contributed by atoms with Crippen molar-refractivity contribution < 1.29 is 4.79 Å². The molecule has 0 aromatic heterocycles. The summed E-state index contributed by atoms with van der Waals surface area (Å²) in [4.78, 5) is 14.5. The van der Waals surface area contributed by atoms with E-state index in [2.05, 4.69) is 39.8 Å². The Kier molecular flexibility index (Phi) is 5.84. The zero-order chi connectivity index (χ0) is 13.8. The zero-order valence-corrected chi connectivity index (χ0v) is 13.0. The average Bonchev–Trinajstić information content (AvgIpc) is 2.24. The van der Waals surface area contributed by atoms with Crippen molar-refractivity contribution in [2.45, 2.75) is 59.3 Å². The van der Waals surface area contributed by atoms with Gasteiger partial charge >= 0.3 is 0 Å². The normalized spacial score (nSPS) is 25.4. The Labute approximate surface area is 113 Å². The van der Waals surface area contributed by atoms with Gasteiger partial charge in [-0.05, 0) is 44.7 Å². The first kappa shape index (κ1) is 15.7. The van der Waals surface area contributed by atoms with Gasteiger partial charge in [0.15, 0.2) is 0 Å². The topological polar surface area (TPSA) is 20.3 Å². The van der Waals surface area contributed by atoms with Gasteiger partial charge in [0.25, 0.3) is 0 Å². The van der Waals surface area contributed by atoms with Crippen LogP contribution in [0.3, 0.4) is 0 Å². The largest absolute Gasteiger partial charge is 0.309 e. The first-order valence-corrected chi connectivity index (χ1v) is 7.47. The molecule has 1 rings (SSSR count). The maximum absolute atomic E-state index is 12.3. The fourth-order valence-corrected chi connectivity index (χ4v) is 3.33. The Bertz CT molecular complexity index is 270. The first-order valence-electron chi connectivity index (χ1n) is 7.47. The van der Waals surface area contributed by atoms with Crippen molar-refractivity contribution in [3.05, 3.63) is 0 Å². The molecule has 0 spiro atoms. The van der Waals surface area contributed by atoms with E-state index in [-0.39, 0.29) is 5.41 Å². The van der Waals surface area contributed by atoms with Gasteiger partial charge in [-0.3, -0.25) is 4.79 Å². The van der Waals surface area contributed by atoms with Crippen LogP contribution in [-0.2, 0) is 4.79 Å². The lowest BCUT2D eigenvalue weighted by atomic mass is 9.77. The number of Topliss-reactive ketones (excluding diaryl/α,β-unsaturated/α-hetero) is 1. The smallest absolute Gasteiger partial charge is 0.136 e. The molecule has 0 aromatic rings. The highest BCUT2D eigenvalue weighted by Gasteiger charge is 2.27. The Balaban J connectivity index is 2.36. The molecule has 2 heteroatoms. The van der Waals surface area contributed by atoms with Gasteiger partial charge in [-0.25, -0.2) is 0 Å². The Morgan fingerprint density at radius 1 is 1.28 bits per heavy atom. The van der Waals surface area contributed by atoms with Gasteiger partial charge in [-0.15, -0.1) is 0 Å². The van der Waals surface area contributed by atoms with Crippen LogP contribution in [0.2, 0.25) is 0 Å². The Morgan fingerprint density at radius 3 is 2.50 bits per heavy atom. The second-order valence-electron chi connectivity index (χ2n) is 7.34. The van der Waals surface area contributed by atoms with E-state index < -0.39 is 0 Å². The second-order valence-corrected chi connectivity index (χ2v) is 7.34. The fourth-order valence-electron chi connectivity index (χ4n) is 3.33. The zero-order valence-electron chi connectivity index (χ0n) is 13.0. The monoisotopic (exact) mass is 253 g/mol. The summed E-state index contributed by atoms with van der Waals surface area (Å²) in [5.74, 6) is 1.64. The third-order valence-electron chi connectivity index (χ3n) is 4.18. The number of ketones is 1. The molecule has 0 heterocycles. The van der Waals surface area contributed by atoms with Crippen molar-refractivity contribution >= 4 is 5.78 Å². The van der Waals surface area contributed by atoms with Crippen LogP contribution >= 0.6 is 0 Å². The average molecular weight is 253 g/mol. The van der Waals surface area contributed by atoms with E-state index in [0.29, 0.717) is 11.7 Å². The summed E-state index contributed by atoms with van der Waals surface area (Å²) in [6.07, 6.45) is 6.63. The van der Waals surface area contributed by atoms with Crippen LogP contribution < -0.4 is 0 Å². The third kappa shape index (κ3) is 5.51. The maximum atomic E-state index is 12.3. The van der Waals surface area contributed by atoms with E-state index in [1.807, 2.05) is 0 Å². The summed E-state index contributed by atoms with van der Waals surface area (Å²) in [5, 5.41) is 0. The van der Waals surface area contributed by atoms with Crippen molar-refractivity contribution in [3.8, 4) is 0 Å². The molecule has 1 fully saturated rings. The van der Waals surface area contributed by atoms with E-state index in [0.717, 1.165) is 38.1 Å². The van der Waals surface area contributed by atoms with Gasteiger partial charge in [-0.2, -0.15) is 0 Å². The van der Waals surface area contributed by atoms with E-state index in [9.17, 15) is 4.79 Å². The van der Waals surface area contributed by atoms with Crippen molar-refractivity contribution in [2.75, 3.05) is 20.6 Å². The first-order chi connectivity index (χ1) is 8.30. The number of rotatable bonds is 6. The number of hydrogen-bond acceptors (Lipinski definition) is 2. The molecule has 2 nitrogen and oxygen atoms in total. The highest BCUT2D eigenvalue weighted by atomic mass is 16.1. The van der Waals surface area contributed by atoms with Crippen LogP contribution in [-0.4, -0.2) is 31.3 Å². The molecule has 2 unspecified atom stereocenters. The highest BCUT2D eigenvalue weighted by Crippen LogP contribution is 2.31. The minimum absolute atomic E-state index is 0.249. The summed E-state index contributed by atoms with van der Waals surface area (Å²) < 4.78 is 0. The minimum Gasteiger partial charge on any atom is -0.309 e. The lowest BCUT2D eigenvalue weighted by molar-refractivity contribution is -0.124. The SMILES string of the molecule is CC1CCCC(C(=O)CCC(C)(C)CN(C)C)C1. The fraction of sp³-hybridized carbons (Fsp3) is 0.938. The number of hydrogen-bond donors (Lipinski definition) is 0. The second kappa shape index (κ2) is 6.70. The number of nitrogens with zero attached hydrogens (tertiary/aromatic N) is 1. The molecule has 0 amide bonds. The van der Waals surface area contributed by atoms with Crippen LogP contribution in [0.1, 0.15) is 59.3 Å². The molecule has 18 heavy (non-hydrogen) atoms. The molecule has 1 aliphatic rings. The molecular weight excluding hydrogens is 222 g/mol. The van der Waals surface area contributed by atoms with Crippen molar-refractivity contribution in [1.82, 2.24) is 4.90 Å². The van der Waals surface area contributed by atoms with Gasteiger partial charge in [-0.1, -0.05) is 33.6 Å². The minimum atomic E-state index is 0.249. The molecule has 1 aliphatic carbocycles. The molecule has 0 saturated heterocycles.